The molecule has 0 saturated heterocycles. The van der Waals surface area contributed by atoms with Crippen molar-refractivity contribution < 1.29 is 19.1 Å². The molecule has 1 heterocycles. The maximum absolute atomic E-state index is 12.3. The smallest absolute Gasteiger partial charge is 0.221 e. The molecule has 0 aliphatic carbocycles. The highest BCUT2D eigenvalue weighted by atomic mass is 16.5. The number of hydrogen-bond acceptors (Lipinski definition) is 4. The van der Waals surface area contributed by atoms with Crippen LogP contribution in [0.15, 0.2) is 59.0 Å². The lowest BCUT2D eigenvalue weighted by Crippen LogP contribution is -1.91. The zero-order valence-corrected chi connectivity index (χ0v) is 12.7. The number of phenols is 1. The molecule has 1 N–H and O–H groups in total. The highest BCUT2D eigenvalue weighted by Gasteiger charge is 2.12. The van der Waals surface area contributed by atoms with E-state index in [4.69, 9.17) is 9.15 Å². The number of phenolic OH excluding ortho intramolecular Hbond substituents is 1. The van der Waals surface area contributed by atoms with Crippen LogP contribution in [0.3, 0.4) is 0 Å². The summed E-state index contributed by atoms with van der Waals surface area (Å²) < 4.78 is 11.2. The Bertz CT molecular complexity index is 874. The van der Waals surface area contributed by atoms with Crippen molar-refractivity contribution in [1.29, 1.82) is 0 Å². The van der Waals surface area contributed by atoms with Gasteiger partial charge in [0, 0.05) is 5.39 Å². The number of carbonyl (C=O) groups is 1. The van der Waals surface area contributed by atoms with Crippen molar-refractivity contribution >= 4 is 22.8 Å². The van der Waals surface area contributed by atoms with Gasteiger partial charge in [-0.25, -0.2) is 0 Å². The Kier molecular flexibility index (Phi) is 4.15. The first kappa shape index (κ1) is 14.9. The minimum atomic E-state index is -0.244. The molecule has 0 spiro atoms. The molecule has 23 heavy (non-hydrogen) atoms. The van der Waals surface area contributed by atoms with E-state index in [1.807, 2.05) is 25.1 Å². The van der Waals surface area contributed by atoms with Crippen molar-refractivity contribution in [3.05, 3.63) is 65.9 Å². The number of ether oxygens (including phenoxy) is 1. The van der Waals surface area contributed by atoms with Gasteiger partial charge in [-0.1, -0.05) is 30.3 Å². The Labute approximate surface area is 133 Å². The summed E-state index contributed by atoms with van der Waals surface area (Å²) in [6.07, 6.45) is 3.06. The van der Waals surface area contributed by atoms with Crippen molar-refractivity contribution in [3.63, 3.8) is 0 Å². The lowest BCUT2D eigenvalue weighted by atomic mass is 10.1. The van der Waals surface area contributed by atoms with Crippen LogP contribution in [0.2, 0.25) is 0 Å². The fourth-order valence-electron chi connectivity index (χ4n) is 2.31. The summed E-state index contributed by atoms with van der Waals surface area (Å²) in [5, 5.41) is 10.2. The van der Waals surface area contributed by atoms with E-state index < -0.39 is 0 Å². The molecule has 0 saturated carbocycles. The largest absolute Gasteiger partial charge is 0.508 e. The van der Waals surface area contributed by atoms with Crippen LogP contribution in [0.25, 0.3) is 17.0 Å². The van der Waals surface area contributed by atoms with Gasteiger partial charge in [0.05, 0.1) is 6.61 Å². The van der Waals surface area contributed by atoms with E-state index in [1.54, 1.807) is 36.4 Å². The molecule has 4 nitrogen and oxygen atoms in total. The second-order valence-corrected chi connectivity index (χ2v) is 5.01. The number of furan rings is 1. The van der Waals surface area contributed by atoms with Gasteiger partial charge in [0.25, 0.3) is 0 Å². The molecule has 116 valence electrons. The lowest BCUT2D eigenvalue weighted by Gasteiger charge is -2.01. The topological polar surface area (TPSA) is 59.7 Å². The second-order valence-electron chi connectivity index (χ2n) is 5.01. The molecule has 0 unspecified atom stereocenters. The van der Waals surface area contributed by atoms with E-state index in [2.05, 4.69) is 0 Å². The first-order chi connectivity index (χ1) is 11.2. The third-order valence-electron chi connectivity index (χ3n) is 3.35. The molecule has 0 bridgehead atoms. The lowest BCUT2D eigenvalue weighted by molar-refractivity contribution is 0.102. The summed E-state index contributed by atoms with van der Waals surface area (Å²) in [6.45, 7) is 2.42. The van der Waals surface area contributed by atoms with Gasteiger partial charge in [0.1, 0.15) is 5.75 Å². The van der Waals surface area contributed by atoms with Gasteiger partial charge in [-0.2, -0.15) is 0 Å². The molecule has 0 atom stereocenters. The predicted molar refractivity (Wildman–Crippen MR) is 88.9 cm³/mol. The number of allylic oxidation sites excluding steroid dienone is 1. The molecule has 0 aliphatic heterocycles. The van der Waals surface area contributed by atoms with E-state index in [0.29, 0.717) is 17.9 Å². The average Bonchev–Trinajstić information content (AvgIpc) is 2.98. The molecule has 2 aromatic carbocycles. The third kappa shape index (κ3) is 3.26. The zero-order valence-electron chi connectivity index (χ0n) is 12.7. The van der Waals surface area contributed by atoms with E-state index in [1.165, 1.54) is 6.08 Å². The number of rotatable bonds is 5. The van der Waals surface area contributed by atoms with E-state index in [0.717, 1.165) is 10.9 Å². The monoisotopic (exact) mass is 308 g/mol. The molecular weight excluding hydrogens is 292 g/mol. The molecule has 0 aliphatic rings. The highest BCUT2D eigenvalue weighted by molar-refractivity contribution is 6.07. The first-order valence-electron chi connectivity index (χ1n) is 7.34. The van der Waals surface area contributed by atoms with Crippen LogP contribution in [-0.4, -0.2) is 17.5 Å². The standard InChI is InChI=1S/C19H16O4/c1-2-22-17-8-4-6-14-12-18(23-19(14)17)16(21)10-9-13-5-3-7-15(20)11-13/h3-12,20H,2H2,1H3/b10-9+. The molecule has 3 rings (SSSR count). The Morgan fingerprint density at radius 2 is 2.04 bits per heavy atom. The number of benzene rings is 2. The van der Waals surface area contributed by atoms with Crippen molar-refractivity contribution in [1.82, 2.24) is 0 Å². The molecule has 0 radical (unpaired) electrons. The van der Waals surface area contributed by atoms with Gasteiger partial charge >= 0.3 is 0 Å². The summed E-state index contributed by atoms with van der Waals surface area (Å²) in [4.78, 5) is 12.3. The fourth-order valence-corrected chi connectivity index (χ4v) is 2.31. The molecule has 0 fully saturated rings. The van der Waals surface area contributed by atoms with Gasteiger partial charge < -0.3 is 14.3 Å². The second kappa shape index (κ2) is 6.40. The van der Waals surface area contributed by atoms with Crippen molar-refractivity contribution in [2.24, 2.45) is 0 Å². The molecule has 3 aromatic rings. The Balaban J connectivity index is 1.88. The summed E-state index contributed by atoms with van der Waals surface area (Å²) in [7, 11) is 0. The van der Waals surface area contributed by atoms with Crippen LogP contribution in [0, 0.1) is 0 Å². The van der Waals surface area contributed by atoms with Crippen LogP contribution in [0.4, 0.5) is 0 Å². The van der Waals surface area contributed by atoms with Crippen LogP contribution in [-0.2, 0) is 0 Å². The Hall–Kier alpha value is -3.01. The van der Waals surface area contributed by atoms with Gasteiger partial charge in [-0.15, -0.1) is 0 Å². The van der Waals surface area contributed by atoms with Crippen molar-refractivity contribution in [3.8, 4) is 11.5 Å². The van der Waals surface area contributed by atoms with Crippen LogP contribution >= 0.6 is 0 Å². The van der Waals surface area contributed by atoms with Crippen molar-refractivity contribution in [2.45, 2.75) is 6.92 Å². The summed E-state index contributed by atoms with van der Waals surface area (Å²) in [5.74, 6) is 0.793. The maximum atomic E-state index is 12.3. The average molecular weight is 308 g/mol. The molecule has 4 heteroatoms. The number of aromatic hydroxyl groups is 1. The Morgan fingerprint density at radius 1 is 1.22 bits per heavy atom. The number of hydrogen-bond donors (Lipinski definition) is 1. The van der Waals surface area contributed by atoms with Gasteiger partial charge in [0.15, 0.2) is 17.1 Å². The minimum absolute atomic E-state index is 0.157. The van der Waals surface area contributed by atoms with Gasteiger partial charge in [-0.05, 0) is 42.8 Å². The number of ketones is 1. The van der Waals surface area contributed by atoms with Gasteiger partial charge in [-0.3, -0.25) is 4.79 Å². The maximum Gasteiger partial charge on any atom is 0.221 e. The fraction of sp³-hybridized carbons (Fsp3) is 0.105. The van der Waals surface area contributed by atoms with Crippen LogP contribution in [0.1, 0.15) is 23.0 Å². The van der Waals surface area contributed by atoms with E-state index in [-0.39, 0.29) is 17.3 Å². The number of para-hydroxylation sites is 1. The molecular formula is C19H16O4. The summed E-state index contributed by atoms with van der Waals surface area (Å²) in [5.41, 5.74) is 1.31. The first-order valence-corrected chi connectivity index (χ1v) is 7.34. The summed E-state index contributed by atoms with van der Waals surface area (Å²) in [6, 6.07) is 13.9. The SMILES string of the molecule is CCOc1cccc2cc(C(=O)/C=C/c3cccc(O)c3)oc12. The van der Waals surface area contributed by atoms with E-state index >= 15 is 0 Å². The van der Waals surface area contributed by atoms with E-state index in [9.17, 15) is 9.90 Å². The zero-order chi connectivity index (χ0) is 16.2. The van der Waals surface area contributed by atoms with Gasteiger partial charge in [0.2, 0.25) is 5.78 Å². The number of carbonyl (C=O) groups excluding carboxylic acids is 1. The predicted octanol–water partition coefficient (Wildman–Crippen LogP) is 4.43. The summed E-state index contributed by atoms with van der Waals surface area (Å²) >= 11 is 0. The quantitative estimate of drug-likeness (QED) is 0.559. The molecule has 0 amide bonds. The Morgan fingerprint density at radius 3 is 2.83 bits per heavy atom. The molecule has 1 aromatic heterocycles. The normalized spacial score (nSPS) is 11.2. The van der Waals surface area contributed by atoms with Crippen molar-refractivity contribution in [2.75, 3.05) is 6.61 Å². The third-order valence-corrected chi connectivity index (χ3v) is 3.35. The van der Waals surface area contributed by atoms with Crippen LogP contribution in [0.5, 0.6) is 11.5 Å². The minimum Gasteiger partial charge on any atom is -0.508 e. The van der Waals surface area contributed by atoms with Crippen LogP contribution < -0.4 is 4.74 Å². The highest BCUT2D eigenvalue weighted by Crippen LogP contribution is 2.29. The number of fused-ring (bicyclic) bond motifs is 1.